The van der Waals surface area contributed by atoms with Crippen LogP contribution in [-0.4, -0.2) is 70.7 Å². The Hall–Kier alpha value is -3.30. The van der Waals surface area contributed by atoms with Crippen LogP contribution >= 0.6 is 0 Å². The Morgan fingerprint density at radius 3 is 2.29 bits per heavy atom. The molecule has 1 saturated heterocycles. The van der Waals surface area contributed by atoms with Gasteiger partial charge in [-0.1, -0.05) is 20.3 Å². The molecule has 2 amide bonds. The second kappa shape index (κ2) is 11.6. The number of piperidine rings is 1. The van der Waals surface area contributed by atoms with Gasteiger partial charge in [-0.25, -0.2) is 23.5 Å². The van der Waals surface area contributed by atoms with E-state index in [0.29, 0.717) is 44.0 Å². The van der Waals surface area contributed by atoms with Crippen molar-refractivity contribution in [2.24, 2.45) is 11.8 Å². The Morgan fingerprint density at radius 1 is 1.13 bits per heavy atom. The van der Waals surface area contributed by atoms with Gasteiger partial charge in [-0.2, -0.15) is 0 Å². The van der Waals surface area contributed by atoms with Crippen molar-refractivity contribution < 1.29 is 27.8 Å². The van der Waals surface area contributed by atoms with E-state index in [2.05, 4.69) is 23.8 Å². The van der Waals surface area contributed by atoms with E-state index in [1.807, 2.05) is 6.92 Å². The van der Waals surface area contributed by atoms with E-state index in [1.54, 1.807) is 16.8 Å². The van der Waals surface area contributed by atoms with Crippen molar-refractivity contribution in [1.82, 2.24) is 19.8 Å². The first-order valence-corrected chi connectivity index (χ1v) is 13.3. The van der Waals surface area contributed by atoms with Gasteiger partial charge in [-0.3, -0.25) is 4.79 Å². The van der Waals surface area contributed by atoms with Gasteiger partial charge in [0.2, 0.25) is 5.82 Å². The van der Waals surface area contributed by atoms with Crippen molar-refractivity contribution in [3.05, 3.63) is 42.0 Å². The summed E-state index contributed by atoms with van der Waals surface area (Å²) in [6.45, 7) is 7.83. The van der Waals surface area contributed by atoms with E-state index in [1.165, 1.54) is 24.5 Å². The molecule has 8 nitrogen and oxygen atoms in total. The molecule has 38 heavy (non-hydrogen) atoms. The first kappa shape index (κ1) is 27.7. The second-order valence-corrected chi connectivity index (χ2v) is 10.8. The maximum Gasteiger partial charge on any atom is 0.410 e. The normalized spacial score (nSPS) is 17.6. The maximum atomic E-state index is 14.8. The van der Waals surface area contributed by atoms with Crippen LogP contribution in [0.4, 0.5) is 13.6 Å². The van der Waals surface area contributed by atoms with Crippen molar-refractivity contribution in [1.29, 1.82) is 0 Å². The van der Waals surface area contributed by atoms with E-state index in [9.17, 15) is 18.4 Å². The third-order valence-electron chi connectivity index (χ3n) is 7.43. The standard InChI is InChI=1S/C28H36F2N4O4/c1-5-18(2)16-33(4)26(35)25-31-14-21(15-32-25)20-12-22(29)24(23(30)13-20)37-17-19-6-10-34(11-7-19)27(36)38-28(3)8-9-28/h12-15,18-19H,5-11,16-17H2,1-4H3. The number of hydrogen-bond acceptors (Lipinski definition) is 6. The minimum absolute atomic E-state index is 0.0292. The number of halogens is 2. The number of nitrogens with zero attached hydrogens (tertiary/aromatic N) is 4. The first-order valence-electron chi connectivity index (χ1n) is 13.3. The van der Waals surface area contributed by atoms with E-state index < -0.39 is 17.4 Å². The molecule has 10 heteroatoms. The molecular weight excluding hydrogens is 494 g/mol. The van der Waals surface area contributed by atoms with Gasteiger partial charge in [0.25, 0.3) is 5.91 Å². The molecule has 2 heterocycles. The van der Waals surface area contributed by atoms with Gasteiger partial charge < -0.3 is 19.3 Å². The summed E-state index contributed by atoms with van der Waals surface area (Å²) in [5, 5.41) is 0. The smallest absolute Gasteiger partial charge is 0.410 e. The lowest BCUT2D eigenvalue weighted by molar-refractivity contribution is 0.0453. The molecule has 0 spiro atoms. The maximum absolute atomic E-state index is 14.8. The minimum atomic E-state index is -0.827. The second-order valence-electron chi connectivity index (χ2n) is 10.8. The van der Waals surface area contributed by atoms with E-state index >= 15 is 0 Å². The minimum Gasteiger partial charge on any atom is -0.487 e. The number of benzene rings is 1. The predicted molar refractivity (Wildman–Crippen MR) is 138 cm³/mol. The molecule has 1 aliphatic heterocycles. The molecule has 1 aromatic heterocycles. The Labute approximate surface area is 222 Å². The molecule has 2 aliphatic rings. The van der Waals surface area contributed by atoms with Crippen LogP contribution in [0.3, 0.4) is 0 Å². The highest BCUT2D eigenvalue weighted by molar-refractivity contribution is 5.90. The van der Waals surface area contributed by atoms with Crippen molar-refractivity contribution in [3.63, 3.8) is 0 Å². The molecule has 1 aromatic carbocycles. The summed E-state index contributed by atoms with van der Waals surface area (Å²) >= 11 is 0. The monoisotopic (exact) mass is 530 g/mol. The van der Waals surface area contributed by atoms with Crippen LogP contribution < -0.4 is 4.74 Å². The predicted octanol–water partition coefficient (Wildman–Crippen LogP) is 5.32. The summed E-state index contributed by atoms with van der Waals surface area (Å²) in [6.07, 6.45) is 6.55. The molecule has 4 rings (SSSR count). The van der Waals surface area contributed by atoms with Gasteiger partial charge in [-0.05, 0) is 62.1 Å². The van der Waals surface area contributed by atoms with Gasteiger partial charge in [0.05, 0.1) is 6.61 Å². The molecular formula is C28H36F2N4O4. The van der Waals surface area contributed by atoms with Crippen molar-refractivity contribution in [2.75, 3.05) is 33.3 Å². The van der Waals surface area contributed by atoms with Crippen LogP contribution in [0, 0.1) is 23.5 Å². The molecule has 1 aliphatic carbocycles. The number of likely N-dealkylation sites (tertiary alicyclic amines) is 1. The van der Waals surface area contributed by atoms with Gasteiger partial charge >= 0.3 is 6.09 Å². The Kier molecular flexibility index (Phi) is 8.47. The number of hydrogen-bond donors (Lipinski definition) is 0. The van der Waals surface area contributed by atoms with Crippen LogP contribution in [0.2, 0.25) is 0 Å². The summed E-state index contributed by atoms with van der Waals surface area (Å²) in [6, 6.07) is 2.34. The van der Waals surface area contributed by atoms with Gasteiger partial charge in [0, 0.05) is 44.6 Å². The molecule has 0 bridgehead atoms. The van der Waals surface area contributed by atoms with Crippen molar-refractivity contribution in [3.8, 4) is 16.9 Å². The van der Waals surface area contributed by atoms with Crippen LogP contribution in [0.5, 0.6) is 5.75 Å². The van der Waals surface area contributed by atoms with Crippen LogP contribution in [-0.2, 0) is 4.74 Å². The average Bonchev–Trinajstić information content (AvgIpc) is 3.64. The molecule has 0 radical (unpaired) electrons. The number of carbonyl (C=O) groups is 2. The van der Waals surface area contributed by atoms with Gasteiger partial charge in [-0.15, -0.1) is 0 Å². The van der Waals surface area contributed by atoms with Crippen LogP contribution in [0.15, 0.2) is 24.5 Å². The zero-order valence-electron chi connectivity index (χ0n) is 22.5. The van der Waals surface area contributed by atoms with Crippen LogP contribution in [0.25, 0.3) is 11.1 Å². The zero-order valence-corrected chi connectivity index (χ0v) is 22.5. The van der Waals surface area contributed by atoms with E-state index in [-0.39, 0.29) is 41.5 Å². The van der Waals surface area contributed by atoms with Gasteiger partial charge in [0.1, 0.15) is 5.60 Å². The fraction of sp³-hybridized carbons (Fsp3) is 0.571. The lowest BCUT2D eigenvalue weighted by Gasteiger charge is -2.32. The number of amides is 2. The quantitative estimate of drug-likeness (QED) is 0.436. The van der Waals surface area contributed by atoms with Crippen molar-refractivity contribution >= 4 is 12.0 Å². The number of carbonyl (C=O) groups excluding carboxylic acids is 2. The van der Waals surface area contributed by atoms with E-state index in [0.717, 1.165) is 19.3 Å². The summed E-state index contributed by atoms with van der Waals surface area (Å²) in [5.41, 5.74) is 0.318. The Morgan fingerprint density at radius 2 is 1.74 bits per heavy atom. The lowest BCUT2D eigenvalue weighted by atomic mass is 9.98. The Bertz CT molecular complexity index is 1130. The third-order valence-corrected chi connectivity index (χ3v) is 7.43. The summed E-state index contributed by atoms with van der Waals surface area (Å²) < 4.78 is 40.7. The zero-order chi connectivity index (χ0) is 27.4. The topological polar surface area (TPSA) is 84.9 Å². The van der Waals surface area contributed by atoms with E-state index in [4.69, 9.17) is 9.47 Å². The molecule has 2 fully saturated rings. The highest BCUT2D eigenvalue weighted by atomic mass is 19.1. The van der Waals surface area contributed by atoms with Gasteiger partial charge in [0.15, 0.2) is 17.4 Å². The molecule has 2 aromatic rings. The molecule has 206 valence electrons. The molecule has 1 saturated carbocycles. The summed E-state index contributed by atoms with van der Waals surface area (Å²) in [5.74, 6) is -1.94. The first-order chi connectivity index (χ1) is 18.1. The average molecular weight is 531 g/mol. The fourth-order valence-electron chi connectivity index (χ4n) is 4.34. The largest absolute Gasteiger partial charge is 0.487 e. The van der Waals surface area contributed by atoms with Crippen molar-refractivity contribution in [2.45, 2.75) is 58.5 Å². The molecule has 1 unspecified atom stereocenters. The molecule has 1 atom stereocenters. The lowest BCUT2D eigenvalue weighted by Crippen LogP contribution is -2.41. The fourth-order valence-corrected chi connectivity index (χ4v) is 4.34. The van der Waals surface area contributed by atoms with Crippen LogP contribution in [0.1, 0.15) is 63.5 Å². The Balaban J connectivity index is 1.32. The number of rotatable bonds is 9. The summed E-state index contributed by atoms with van der Waals surface area (Å²) in [7, 11) is 1.70. The number of ether oxygens (including phenoxy) is 2. The highest BCUT2D eigenvalue weighted by Crippen LogP contribution is 2.39. The highest BCUT2D eigenvalue weighted by Gasteiger charge is 2.43. The summed E-state index contributed by atoms with van der Waals surface area (Å²) in [4.78, 5) is 36.3. The third kappa shape index (κ3) is 6.76. The number of aromatic nitrogens is 2. The molecule has 0 N–H and O–H groups in total. The SMILES string of the molecule is CCC(C)CN(C)C(=O)c1ncc(-c2cc(F)c(OCC3CCN(C(=O)OC4(C)CC4)CC3)c(F)c2)cn1.